The van der Waals surface area contributed by atoms with E-state index in [-0.39, 0.29) is 11.6 Å². The van der Waals surface area contributed by atoms with E-state index in [0.29, 0.717) is 11.5 Å². The van der Waals surface area contributed by atoms with Crippen molar-refractivity contribution in [1.82, 2.24) is 0 Å². The molecule has 0 N–H and O–H groups in total. The summed E-state index contributed by atoms with van der Waals surface area (Å²) in [5, 5.41) is 0. The first-order chi connectivity index (χ1) is 17.7. The van der Waals surface area contributed by atoms with Crippen LogP contribution in [0.25, 0.3) is 0 Å². The van der Waals surface area contributed by atoms with Crippen LogP contribution in [0.2, 0.25) is 0 Å². The van der Waals surface area contributed by atoms with Gasteiger partial charge in [-0.05, 0) is 11.1 Å². The van der Waals surface area contributed by atoms with E-state index in [9.17, 15) is 9.59 Å². The summed E-state index contributed by atoms with van der Waals surface area (Å²) in [5.74, 6) is 3.26. The van der Waals surface area contributed by atoms with Gasteiger partial charge in [-0.15, -0.1) is 23.5 Å². The largest absolute Gasteiger partial charge is 0.307 e. The molecule has 4 aromatic rings. The lowest BCUT2D eigenvalue weighted by Gasteiger charge is -2.01. The van der Waals surface area contributed by atoms with Crippen LogP contribution >= 0.6 is 23.5 Å². The van der Waals surface area contributed by atoms with Crippen molar-refractivity contribution in [2.24, 2.45) is 0 Å². The molecule has 0 unspecified atom stereocenters. The van der Waals surface area contributed by atoms with E-state index < -0.39 is 0 Å². The van der Waals surface area contributed by atoms with E-state index in [1.807, 2.05) is 104 Å². The summed E-state index contributed by atoms with van der Waals surface area (Å²) in [6.45, 7) is 2.00. The van der Waals surface area contributed by atoms with Gasteiger partial charge < -0.3 is 4.79 Å². The number of hydrogen-bond acceptors (Lipinski definition) is 5. The number of ketones is 2. The second-order valence-corrected chi connectivity index (χ2v) is 9.51. The van der Waals surface area contributed by atoms with Gasteiger partial charge in [0, 0.05) is 22.6 Å². The van der Waals surface area contributed by atoms with Gasteiger partial charge in [0.05, 0.1) is 11.5 Å². The number of rotatable bonds is 10. The average molecular weight is 515 g/mol. The molecule has 184 valence electrons. The van der Waals surface area contributed by atoms with Crippen molar-refractivity contribution in [3.05, 3.63) is 144 Å². The van der Waals surface area contributed by atoms with Gasteiger partial charge in [0.1, 0.15) is 6.79 Å². The van der Waals surface area contributed by atoms with E-state index >= 15 is 0 Å². The number of carbonyl (C=O) groups excluding carboxylic acids is 3. The van der Waals surface area contributed by atoms with E-state index in [1.165, 1.54) is 11.1 Å². The molecule has 0 saturated heterocycles. The minimum Gasteiger partial charge on any atom is -0.307 e. The lowest BCUT2D eigenvalue weighted by atomic mass is 10.2. The van der Waals surface area contributed by atoms with Crippen LogP contribution in [0.5, 0.6) is 0 Å². The molecule has 0 heterocycles. The van der Waals surface area contributed by atoms with Crippen LogP contribution < -0.4 is 0 Å². The molecule has 0 fully saturated rings. The highest BCUT2D eigenvalue weighted by molar-refractivity contribution is 7.99. The summed E-state index contributed by atoms with van der Waals surface area (Å²) in [5.41, 5.74) is 4.12. The summed E-state index contributed by atoms with van der Waals surface area (Å²) in [6, 6.07) is 39.3. The Hall–Kier alpha value is -3.41. The van der Waals surface area contributed by atoms with Crippen LogP contribution in [-0.2, 0) is 16.3 Å². The van der Waals surface area contributed by atoms with Crippen LogP contribution in [0.1, 0.15) is 31.8 Å². The molecule has 0 spiro atoms. The molecular weight excluding hydrogens is 484 g/mol. The maximum Gasteiger partial charge on any atom is 0.172 e. The molecule has 3 nitrogen and oxygen atoms in total. The number of hydrogen-bond donors (Lipinski definition) is 0. The zero-order valence-corrected chi connectivity index (χ0v) is 21.8. The standard InChI is InChI=1S/2C15H14OS.CH2O/c2*16-15(14-9-5-2-6-10-14)12-17-11-13-7-3-1-4-8-13;1-2/h2*1-10H,11-12H2;1H2. The predicted octanol–water partition coefficient (Wildman–Crippen LogP) is 7.42. The molecule has 0 saturated carbocycles. The van der Waals surface area contributed by atoms with Crippen molar-refractivity contribution in [3.63, 3.8) is 0 Å². The van der Waals surface area contributed by atoms with E-state index in [0.717, 1.165) is 22.6 Å². The summed E-state index contributed by atoms with van der Waals surface area (Å²) >= 11 is 3.32. The number of Topliss-reactive ketones (excluding diaryl/α,β-unsaturated/α-hetero) is 2. The molecule has 4 rings (SSSR count). The molecular formula is C31H30O3S2. The molecule has 0 aliphatic heterocycles. The summed E-state index contributed by atoms with van der Waals surface area (Å²) in [7, 11) is 0. The highest BCUT2D eigenvalue weighted by Crippen LogP contribution is 2.15. The summed E-state index contributed by atoms with van der Waals surface area (Å²) < 4.78 is 0. The van der Waals surface area contributed by atoms with Gasteiger partial charge in [-0.1, -0.05) is 121 Å². The van der Waals surface area contributed by atoms with Gasteiger partial charge in [-0.2, -0.15) is 0 Å². The number of benzene rings is 4. The molecule has 0 bridgehead atoms. The zero-order valence-electron chi connectivity index (χ0n) is 20.1. The fraction of sp³-hybridized carbons (Fsp3) is 0.129. The van der Waals surface area contributed by atoms with Crippen LogP contribution in [0.4, 0.5) is 0 Å². The number of carbonyl (C=O) groups is 3. The quantitative estimate of drug-likeness (QED) is 0.206. The topological polar surface area (TPSA) is 51.2 Å². The van der Waals surface area contributed by atoms with Crippen molar-refractivity contribution in [2.75, 3.05) is 11.5 Å². The zero-order chi connectivity index (χ0) is 25.8. The predicted molar refractivity (Wildman–Crippen MR) is 154 cm³/mol. The first-order valence-electron chi connectivity index (χ1n) is 11.4. The normalized spacial score (nSPS) is 9.67. The molecule has 5 heteroatoms. The molecule has 4 aromatic carbocycles. The Morgan fingerprint density at radius 3 is 1.06 bits per heavy atom. The molecule has 0 radical (unpaired) electrons. The number of thioether (sulfide) groups is 2. The van der Waals surface area contributed by atoms with Crippen molar-refractivity contribution in [2.45, 2.75) is 11.5 Å². The van der Waals surface area contributed by atoms with Gasteiger partial charge >= 0.3 is 0 Å². The Morgan fingerprint density at radius 1 is 0.472 bits per heavy atom. The van der Waals surface area contributed by atoms with Gasteiger partial charge in [0.15, 0.2) is 11.6 Å². The summed E-state index contributed by atoms with van der Waals surface area (Å²) in [6.07, 6.45) is 0. The van der Waals surface area contributed by atoms with Crippen LogP contribution in [-0.4, -0.2) is 29.9 Å². The summed E-state index contributed by atoms with van der Waals surface area (Å²) in [4.78, 5) is 31.6. The lowest BCUT2D eigenvalue weighted by Crippen LogP contribution is -2.02. The van der Waals surface area contributed by atoms with Crippen molar-refractivity contribution in [1.29, 1.82) is 0 Å². The molecule has 0 aromatic heterocycles. The molecule has 0 aliphatic rings. The third-order valence-corrected chi connectivity index (χ3v) is 6.89. The first-order valence-corrected chi connectivity index (χ1v) is 13.7. The monoisotopic (exact) mass is 514 g/mol. The first kappa shape index (κ1) is 28.8. The Balaban J connectivity index is 0.000000237. The average Bonchev–Trinajstić information content (AvgIpc) is 2.96. The van der Waals surface area contributed by atoms with E-state index in [1.54, 1.807) is 23.5 Å². The van der Waals surface area contributed by atoms with Crippen molar-refractivity contribution >= 4 is 41.9 Å². The van der Waals surface area contributed by atoms with Crippen molar-refractivity contribution in [3.8, 4) is 0 Å². The molecule has 36 heavy (non-hydrogen) atoms. The smallest absolute Gasteiger partial charge is 0.172 e. The van der Waals surface area contributed by atoms with Crippen LogP contribution in [0.3, 0.4) is 0 Å². The van der Waals surface area contributed by atoms with Gasteiger partial charge in [-0.3, -0.25) is 9.59 Å². The van der Waals surface area contributed by atoms with Gasteiger partial charge in [-0.25, -0.2) is 0 Å². The lowest BCUT2D eigenvalue weighted by molar-refractivity contribution is -0.0980. The Morgan fingerprint density at radius 2 is 0.750 bits per heavy atom. The van der Waals surface area contributed by atoms with Crippen molar-refractivity contribution < 1.29 is 14.4 Å². The minimum atomic E-state index is 0.200. The highest BCUT2D eigenvalue weighted by atomic mass is 32.2. The fourth-order valence-electron chi connectivity index (χ4n) is 3.09. The minimum absolute atomic E-state index is 0.200. The van der Waals surface area contributed by atoms with Gasteiger partial charge in [0.25, 0.3) is 0 Å². The Bertz CT molecular complexity index is 1040. The second kappa shape index (κ2) is 17.9. The third kappa shape index (κ3) is 11.3. The SMILES string of the molecule is C=O.O=C(CSCc1ccccc1)c1ccccc1.O=C(CSCc1ccccc1)c1ccccc1. The molecule has 0 aliphatic carbocycles. The second-order valence-electron chi connectivity index (χ2n) is 7.54. The highest BCUT2D eigenvalue weighted by Gasteiger charge is 2.05. The third-order valence-electron chi connectivity index (χ3n) is 4.88. The maximum absolute atomic E-state index is 11.8. The molecule has 0 atom stereocenters. The van der Waals surface area contributed by atoms with E-state index in [2.05, 4.69) is 24.3 Å². The Labute approximate surface area is 222 Å². The fourth-order valence-corrected chi connectivity index (χ4v) is 4.85. The van der Waals surface area contributed by atoms with Gasteiger partial charge in [0.2, 0.25) is 0 Å². The Kier molecular flexibility index (Phi) is 14.4. The van der Waals surface area contributed by atoms with Crippen LogP contribution in [0, 0.1) is 0 Å². The van der Waals surface area contributed by atoms with E-state index in [4.69, 9.17) is 4.79 Å². The maximum atomic E-state index is 11.8. The molecule has 0 amide bonds. The van der Waals surface area contributed by atoms with Crippen LogP contribution in [0.15, 0.2) is 121 Å².